The molecule has 0 fully saturated rings. The molecule has 0 bridgehead atoms. The van der Waals surface area contributed by atoms with Crippen molar-refractivity contribution in [2.75, 3.05) is 0 Å². The van der Waals surface area contributed by atoms with E-state index in [0.29, 0.717) is 5.92 Å². The van der Waals surface area contributed by atoms with Crippen molar-refractivity contribution in [3.8, 4) is 0 Å². The van der Waals surface area contributed by atoms with Gasteiger partial charge >= 0.3 is 0 Å². The van der Waals surface area contributed by atoms with E-state index >= 15 is 0 Å². The SMILES string of the molecule is C/C=C\C(F)=C(\C)C(C)C. The largest absolute Gasteiger partial charge is 0.207 e. The quantitative estimate of drug-likeness (QED) is 0.518. The van der Waals surface area contributed by atoms with Gasteiger partial charge in [-0.05, 0) is 31.4 Å². The molecule has 0 aromatic rings. The minimum atomic E-state index is -0.0995. The molecule has 0 unspecified atom stereocenters. The molecule has 0 N–H and O–H groups in total. The third-order valence-corrected chi connectivity index (χ3v) is 1.56. The van der Waals surface area contributed by atoms with E-state index in [1.165, 1.54) is 6.08 Å². The van der Waals surface area contributed by atoms with Crippen LogP contribution in [0.1, 0.15) is 27.7 Å². The summed E-state index contributed by atoms with van der Waals surface area (Å²) >= 11 is 0. The lowest BCUT2D eigenvalue weighted by atomic mass is 10.0. The van der Waals surface area contributed by atoms with Crippen molar-refractivity contribution < 1.29 is 4.39 Å². The first-order valence-electron chi connectivity index (χ1n) is 3.58. The van der Waals surface area contributed by atoms with Gasteiger partial charge in [-0.15, -0.1) is 0 Å². The van der Waals surface area contributed by atoms with Gasteiger partial charge in [0.2, 0.25) is 0 Å². The molecule has 0 atom stereocenters. The predicted octanol–water partition coefficient (Wildman–Crippen LogP) is 3.46. The average molecular weight is 142 g/mol. The average Bonchev–Trinajstić information content (AvgIpc) is 1.87. The van der Waals surface area contributed by atoms with Gasteiger partial charge < -0.3 is 0 Å². The van der Waals surface area contributed by atoms with Gasteiger partial charge in [0.25, 0.3) is 0 Å². The Hall–Kier alpha value is -0.590. The summed E-state index contributed by atoms with van der Waals surface area (Å²) in [6.45, 7) is 7.60. The highest BCUT2D eigenvalue weighted by Gasteiger charge is 2.00. The maximum absolute atomic E-state index is 12.8. The Labute approximate surface area is 62.4 Å². The van der Waals surface area contributed by atoms with Crippen LogP contribution in [0.5, 0.6) is 0 Å². The minimum Gasteiger partial charge on any atom is -0.207 e. The van der Waals surface area contributed by atoms with Crippen LogP contribution in [-0.4, -0.2) is 0 Å². The van der Waals surface area contributed by atoms with Crippen molar-refractivity contribution in [2.45, 2.75) is 27.7 Å². The summed E-state index contributed by atoms with van der Waals surface area (Å²) in [7, 11) is 0. The van der Waals surface area contributed by atoms with Gasteiger partial charge in [-0.1, -0.05) is 19.9 Å². The van der Waals surface area contributed by atoms with Crippen LogP contribution < -0.4 is 0 Å². The zero-order valence-corrected chi connectivity index (χ0v) is 7.11. The number of rotatable bonds is 2. The highest BCUT2D eigenvalue weighted by atomic mass is 19.1. The zero-order chi connectivity index (χ0) is 8.15. The normalized spacial score (nSPS) is 14.6. The van der Waals surface area contributed by atoms with Gasteiger partial charge in [-0.25, -0.2) is 4.39 Å². The summed E-state index contributed by atoms with van der Waals surface area (Å²) in [4.78, 5) is 0. The lowest BCUT2D eigenvalue weighted by Gasteiger charge is -2.03. The van der Waals surface area contributed by atoms with Crippen LogP contribution in [0.3, 0.4) is 0 Å². The molecular weight excluding hydrogens is 127 g/mol. The smallest absolute Gasteiger partial charge is 0.122 e. The van der Waals surface area contributed by atoms with Crippen molar-refractivity contribution in [2.24, 2.45) is 5.92 Å². The molecule has 0 saturated heterocycles. The highest BCUT2D eigenvalue weighted by molar-refractivity contribution is 5.18. The van der Waals surface area contributed by atoms with Crippen LogP contribution in [0.2, 0.25) is 0 Å². The van der Waals surface area contributed by atoms with Gasteiger partial charge in [0, 0.05) is 0 Å². The highest BCUT2D eigenvalue weighted by Crippen LogP contribution is 2.15. The molecule has 0 aromatic carbocycles. The van der Waals surface area contributed by atoms with E-state index in [4.69, 9.17) is 0 Å². The van der Waals surface area contributed by atoms with E-state index in [0.717, 1.165) is 5.57 Å². The molecule has 10 heavy (non-hydrogen) atoms. The topological polar surface area (TPSA) is 0 Å². The number of hydrogen-bond donors (Lipinski definition) is 0. The van der Waals surface area contributed by atoms with E-state index in [1.54, 1.807) is 6.08 Å². The van der Waals surface area contributed by atoms with Gasteiger partial charge in [0.15, 0.2) is 0 Å². The first-order chi connectivity index (χ1) is 4.59. The van der Waals surface area contributed by atoms with Gasteiger partial charge in [0.05, 0.1) is 0 Å². The van der Waals surface area contributed by atoms with E-state index in [1.807, 2.05) is 27.7 Å². The second-order valence-electron chi connectivity index (χ2n) is 2.69. The molecule has 0 aliphatic carbocycles. The zero-order valence-electron chi connectivity index (χ0n) is 7.11. The summed E-state index contributed by atoms with van der Waals surface area (Å²) in [6.07, 6.45) is 3.20. The van der Waals surface area contributed by atoms with Crippen molar-refractivity contribution >= 4 is 0 Å². The number of hydrogen-bond acceptors (Lipinski definition) is 0. The van der Waals surface area contributed by atoms with Crippen LogP contribution in [0.25, 0.3) is 0 Å². The van der Waals surface area contributed by atoms with Gasteiger partial charge in [-0.2, -0.15) is 0 Å². The second kappa shape index (κ2) is 4.26. The molecule has 0 rings (SSSR count). The van der Waals surface area contributed by atoms with Crippen LogP contribution in [0, 0.1) is 5.92 Å². The molecule has 1 heteroatoms. The maximum Gasteiger partial charge on any atom is 0.122 e. The predicted molar refractivity (Wildman–Crippen MR) is 43.5 cm³/mol. The Kier molecular flexibility index (Phi) is 4.01. The Bertz CT molecular complexity index is 152. The van der Waals surface area contributed by atoms with E-state index in [9.17, 15) is 4.39 Å². The van der Waals surface area contributed by atoms with Gasteiger partial charge in [-0.3, -0.25) is 0 Å². The summed E-state index contributed by atoms with van der Waals surface area (Å²) in [5.41, 5.74) is 0.818. The van der Waals surface area contributed by atoms with Crippen molar-refractivity contribution in [1.29, 1.82) is 0 Å². The van der Waals surface area contributed by atoms with Crippen LogP contribution in [0.15, 0.2) is 23.6 Å². The minimum absolute atomic E-state index is 0.0995. The Morgan fingerprint density at radius 2 is 1.90 bits per heavy atom. The molecule has 0 aliphatic heterocycles. The summed E-state index contributed by atoms with van der Waals surface area (Å²) < 4.78 is 12.8. The molecule has 0 nitrogen and oxygen atoms in total. The first-order valence-corrected chi connectivity index (χ1v) is 3.58. The van der Waals surface area contributed by atoms with Gasteiger partial charge in [0.1, 0.15) is 5.83 Å². The molecule has 0 amide bonds. The molecule has 0 aliphatic rings. The van der Waals surface area contributed by atoms with Crippen molar-refractivity contribution in [3.05, 3.63) is 23.6 Å². The van der Waals surface area contributed by atoms with Crippen molar-refractivity contribution in [3.63, 3.8) is 0 Å². The van der Waals surface area contributed by atoms with E-state index in [2.05, 4.69) is 0 Å². The maximum atomic E-state index is 12.8. The molecule has 0 aromatic heterocycles. The van der Waals surface area contributed by atoms with Crippen LogP contribution in [-0.2, 0) is 0 Å². The van der Waals surface area contributed by atoms with E-state index < -0.39 is 0 Å². The molecule has 58 valence electrons. The monoisotopic (exact) mass is 142 g/mol. The fourth-order valence-corrected chi connectivity index (χ4v) is 0.554. The Balaban J connectivity index is 4.34. The molecule has 0 spiro atoms. The summed E-state index contributed by atoms with van der Waals surface area (Å²) in [6, 6.07) is 0. The number of allylic oxidation sites excluding steroid dienone is 4. The number of halogens is 1. The first kappa shape index (κ1) is 9.41. The van der Waals surface area contributed by atoms with Crippen LogP contribution >= 0.6 is 0 Å². The lowest BCUT2D eigenvalue weighted by Crippen LogP contribution is -1.90. The Morgan fingerprint density at radius 3 is 2.20 bits per heavy atom. The van der Waals surface area contributed by atoms with Crippen molar-refractivity contribution in [1.82, 2.24) is 0 Å². The molecular formula is C9H15F. The third kappa shape index (κ3) is 2.81. The molecule has 0 radical (unpaired) electrons. The van der Waals surface area contributed by atoms with Crippen LogP contribution in [0.4, 0.5) is 4.39 Å². The summed E-state index contributed by atoms with van der Waals surface area (Å²) in [5, 5.41) is 0. The molecule has 0 heterocycles. The summed E-state index contributed by atoms with van der Waals surface area (Å²) in [5.74, 6) is 0.203. The second-order valence-corrected chi connectivity index (χ2v) is 2.69. The third-order valence-electron chi connectivity index (χ3n) is 1.56. The molecule has 0 saturated carbocycles. The van der Waals surface area contributed by atoms with E-state index in [-0.39, 0.29) is 5.83 Å². The lowest BCUT2D eigenvalue weighted by molar-refractivity contribution is 0.619. The fraction of sp³-hybridized carbons (Fsp3) is 0.556. The Morgan fingerprint density at radius 1 is 1.40 bits per heavy atom. The standard InChI is InChI=1S/C9H15F/c1-5-6-9(10)8(4)7(2)3/h5-7H,1-4H3/b6-5-,9-8+. The fourth-order valence-electron chi connectivity index (χ4n) is 0.554.